The second kappa shape index (κ2) is 7.36. The number of benzene rings is 1. The minimum Gasteiger partial charge on any atom is -0.462 e. The molecule has 0 unspecified atom stereocenters. The van der Waals surface area contributed by atoms with Gasteiger partial charge in [0.15, 0.2) is 10.8 Å². The molecule has 0 bridgehead atoms. The molecule has 2 aromatic heterocycles. The standard InChI is InChI=1S/C20H19N3O3S/c1-12(13-4-6-16-14(9-13)5-7-18(24)23-16)21-19(25)10-15-11-27-20(22-15)17-3-2-8-26-17/h2-4,6,8-9,11-12H,5,7,10H2,1H3,(H,21,25)(H,23,24)/t12-/m0/s1. The summed E-state index contributed by atoms with van der Waals surface area (Å²) in [5, 5.41) is 8.54. The van der Waals surface area contributed by atoms with E-state index in [-0.39, 0.29) is 24.3 Å². The van der Waals surface area contributed by atoms with Gasteiger partial charge in [-0.15, -0.1) is 11.3 Å². The summed E-state index contributed by atoms with van der Waals surface area (Å²) in [7, 11) is 0. The molecule has 1 atom stereocenters. The molecular formula is C20H19N3O3S. The van der Waals surface area contributed by atoms with E-state index in [1.54, 1.807) is 6.26 Å². The topological polar surface area (TPSA) is 84.2 Å². The van der Waals surface area contributed by atoms with Crippen LogP contribution in [0.15, 0.2) is 46.4 Å². The number of aryl methyl sites for hydroxylation is 1. The smallest absolute Gasteiger partial charge is 0.226 e. The van der Waals surface area contributed by atoms with Crippen LogP contribution in [0.1, 0.15) is 36.2 Å². The van der Waals surface area contributed by atoms with Crippen LogP contribution >= 0.6 is 11.3 Å². The van der Waals surface area contributed by atoms with Crippen LogP contribution in [0.2, 0.25) is 0 Å². The monoisotopic (exact) mass is 381 g/mol. The van der Waals surface area contributed by atoms with Crippen molar-refractivity contribution in [3.05, 3.63) is 58.8 Å². The number of hydrogen-bond acceptors (Lipinski definition) is 5. The van der Waals surface area contributed by atoms with Crippen LogP contribution in [0.4, 0.5) is 5.69 Å². The third-order valence-electron chi connectivity index (χ3n) is 4.53. The highest BCUT2D eigenvalue weighted by Gasteiger charge is 2.18. The summed E-state index contributed by atoms with van der Waals surface area (Å²) in [6.07, 6.45) is 3.06. The number of hydrogen-bond donors (Lipinski definition) is 2. The number of thiazole rings is 1. The normalized spacial score (nSPS) is 14.3. The van der Waals surface area contributed by atoms with Crippen molar-refractivity contribution in [3.8, 4) is 10.8 Å². The zero-order valence-electron chi connectivity index (χ0n) is 14.8. The van der Waals surface area contributed by atoms with Crippen LogP contribution in [0.3, 0.4) is 0 Å². The molecule has 2 N–H and O–H groups in total. The molecule has 0 spiro atoms. The minimum atomic E-state index is -0.122. The van der Waals surface area contributed by atoms with Crippen LogP contribution < -0.4 is 10.6 Å². The fraction of sp³-hybridized carbons (Fsp3) is 0.250. The average molecular weight is 381 g/mol. The Balaban J connectivity index is 1.39. The van der Waals surface area contributed by atoms with Gasteiger partial charge in [-0.3, -0.25) is 9.59 Å². The molecule has 4 rings (SSSR count). The van der Waals surface area contributed by atoms with E-state index in [0.717, 1.165) is 33.9 Å². The Morgan fingerprint density at radius 2 is 2.26 bits per heavy atom. The van der Waals surface area contributed by atoms with E-state index >= 15 is 0 Å². The molecule has 0 aliphatic carbocycles. The number of rotatable bonds is 5. The number of nitrogens with one attached hydrogen (secondary N) is 2. The lowest BCUT2D eigenvalue weighted by Crippen LogP contribution is -2.28. The molecule has 3 aromatic rings. The van der Waals surface area contributed by atoms with Crippen LogP contribution in [-0.2, 0) is 22.4 Å². The van der Waals surface area contributed by atoms with Gasteiger partial charge < -0.3 is 15.1 Å². The Hall–Kier alpha value is -2.93. The van der Waals surface area contributed by atoms with Crippen molar-refractivity contribution in [1.82, 2.24) is 10.3 Å². The van der Waals surface area contributed by atoms with Crippen molar-refractivity contribution in [2.24, 2.45) is 0 Å². The Kier molecular flexibility index (Phi) is 4.77. The maximum Gasteiger partial charge on any atom is 0.226 e. The Labute approximate surface area is 160 Å². The van der Waals surface area contributed by atoms with Gasteiger partial charge in [0.1, 0.15) is 0 Å². The number of carbonyl (C=O) groups is 2. The summed E-state index contributed by atoms with van der Waals surface area (Å²) in [5.41, 5.74) is 3.72. The van der Waals surface area contributed by atoms with Gasteiger partial charge in [0.2, 0.25) is 11.8 Å². The molecule has 1 aromatic carbocycles. The van der Waals surface area contributed by atoms with Gasteiger partial charge in [0.05, 0.1) is 24.4 Å². The molecule has 7 heteroatoms. The summed E-state index contributed by atoms with van der Waals surface area (Å²) < 4.78 is 5.33. The summed E-state index contributed by atoms with van der Waals surface area (Å²) in [6, 6.07) is 9.44. The van der Waals surface area contributed by atoms with Crippen molar-refractivity contribution in [1.29, 1.82) is 0 Å². The SMILES string of the molecule is C[C@H](NC(=O)Cc1csc(-c2ccco2)n1)c1ccc2c(c1)CCC(=O)N2. The lowest BCUT2D eigenvalue weighted by atomic mass is 9.98. The van der Waals surface area contributed by atoms with Gasteiger partial charge in [0.25, 0.3) is 0 Å². The van der Waals surface area contributed by atoms with Gasteiger partial charge in [-0.25, -0.2) is 4.98 Å². The largest absolute Gasteiger partial charge is 0.462 e. The number of anilines is 1. The van der Waals surface area contributed by atoms with Gasteiger partial charge >= 0.3 is 0 Å². The molecule has 27 heavy (non-hydrogen) atoms. The molecule has 0 radical (unpaired) electrons. The molecule has 6 nitrogen and oxygen atoms in total. The lowest BCUT2D eigenvalue weighted by Gasteiger charge is -2.20. The van der Waals surface area contributed by atoms with Crippen molar-refractivity contribution in [2.75, 3.05) is 5.32 Å². The number of aromatic nitrogens is 1. The van der Waals surface area contributed by atoms with Crippen LogP contribution in [0.5, 0.6) is 0 Å². The fourth-order valence-corrected chi connectivity index (χ4v) is 3.90. The van der Waals surface area contributed by atoms with E-state index < -0.39 is 0 Å². The predicted octanol–water partition coefficient (Wildman–Crippen LogP) is 3.71. The summed E-state index contributed by atoms with van der Waals surface area (Å²) in [6.45, 7) is 1.95. The number of amides is 2. The zero-order chi connectivity index (χ0) is 18.8. The first-order valence-corrected chi connectivity index (χ1v) is 9.67. The van der Waals surface area contributed by atoms with E-state index in [9.17, 15) is 9.59 Å². The van der Waals surface area contributed by atoms with E-state index in [4.69, 9.17) is 4.42 Å². The third kappa shape index (κ3) is 3.93. The Morgan fingerprint density at radius 1 is 1.37 bits per heavy atom. The Morgan fingerprint density at radius 3 is 3.07 bits per heavy atom. The summed E-state index contributed by atoms with van der Waals surface area (Å²) in [4.78, 5) is 28.3. The predicted molar refractivity (Wildman–Crippen MR) is 103 cm³/mol. The first-order chi connectivity index (χ1) is 13.1. The molecule has 0 saturated carbocycles. The van der Waals surface area contributed by atoms with Gasteiger partial charge in [-0.05, 0) is 42.7 Å². The van der Waals surface area contributed by atoms with Crippen molar-refractivity contribution in [3.63, 3.8) is 0 Å². The second-order valence-corrected chi connectivity index (χ2v) is 7.41. The molecule has 2 amide bonds. The van der Waals surface area contributed by atoms with Crippen LogP contribution in [0, 0.1) is 0 Å². The molecule has 0 fully saturated rings. The fourth-order valence-electron chi connectivity index (χ4n) is 3.11. The average Bonchev–Trinajstić information content (AvgIpc) is 3.32. The number of fused-ring (bicyclic) bond motifs is 1. The van der Waals surface area contributed by atoms with E-state index in [1.807, 2.05) is 36.6 Å². The van der Waals surface area contributed by atoms with Crippen molar-refractivity contribution >= 4 is 28.8 Å². The lowest BCUT2D eigenvalue weighted by molar-refractivity contribution is -0.121. The maximum atomic E-state index is 12.4. The van der Waals surface area contributed by atoms with Crippen LogP contribution in [-0.4, -0.2) is 16.8 Å². The summed E-state index contributed by atoms with van der Waals surface area (Å²) >= 11 is 1.46. The number of furan rings is 1. The first kappa shape index (κ1) is 17.5. The molecule has 1 aliphatic rings. The number of carbonyl (C=O) groups excluding carboxylic acids is 2. The minimum absolute atomic E-state index is 0.0498. The zero-order valence-corrected chi connectivity index (χ0v) is 15.6. The first-order valence-electron chi connectivity index (χ1n) is 8.79. The van der Waals surface area contributed by atoms with Gasteiger partial charge in [0, 0.05) is 17.5 Å². The van der Waals surface area contributed by atoms with E-state index in [0.29, 0.717) is 12.2 Å². The quantitative estimate of drug-likeness (QED) is 0.706. The molecule has 1 aliphatic heterocycles. The molecule has 138 valence electrons. The van der Waals surface area contributed by atoms with Gasteiger partial charge in [-0.2, -0.15) is 0 Å². The highest BCUT2D eigenvalue weighted by molar-refractivity contribution is 7.13. The highest BCUT2D eigenvalue weighted by atomic mass is 32.1. The molecule has 3 heterocycles. The second-order valence-electron chi connectivity index (χ2n) is 6.55. The molecular weight excluding hydrogens is 362 g/mol. The number of nitrogens with zero attached hydrogens (tertiary/aromatic N) is 1. The van der Waals surface area contributed by atoms with E-state index in [1.165, 1.54) is 11.3 Å². The van der Waals surface area contributed by atoms with Crippen LogP contribution in [0.25, 0.3) is 10.8 Å². The van der Waals surface area contributed by atoms with Gasteiger partial charge in [-0.1, -0.05) is 12.1 Å². The third-order valence-corrected chi connectivity index (χ3v) is 5.43. The molecule has 0 saturated heterocycles. The van der Waals surface area contributed by atoms with Crippen molar-refractivity contribution in [2.45, 2.75) is 32.2 Å². The van der Waals surface area contributed by atoms with Crippen molar-refractivity contribution < 1.29 is 14.0 Å². The highest BCUT2D eigenvalue weighted by Crippen LogP contribution is 2.27. The maximum absolute atomic E-state index is 12.4. The Bertz CT molecular complexity index is 978. The summed E-state index contributed by atoms with van der Waals surface area (Å²) in [5.74, 6) is 0.680. The van der Waals surface area contributed by atoms with E-state index in [2.05, 4.69) is 21.7 Å².